The summed E-state index contributed by atoms with van der Waals surface area (Å²) in [5.41, 5.74) is 0.201. The van der Waals surface area contributed by atoms with E-state index in [1.807, 2.05) is 0 Å². The van der Waals surface area contributed by atoms with Gasteiger partial charge in [0.05, 0.1) is 16.2 Å². The first-order chi connectivity index (χ1) is 10.8. The van der Waals surface area contributed by atoms with Gasteiger partial charge in [0, 0.05) is 17.1 Å². The minimum absolute atomic E-state index is 0.146. The number of aromatic amines is 1. The average molecular weight is 339 g/mol. The molecule has 1 aromatic heterocycles. The highest BCUT2D eigenvalue weighted by molar-refractivity contribution is 7.90. The molecule has 1 heterocycles. The summed E-state index contributed by atoms with van der Waals surface area (Å²) in [5.74, 6) is -0.354. The Bertz CT molecular complexity index is 941. The molecule has 3 aromatic rings. The van der Waals surface area contributed by atoms with E-state index in [0.717, 1.165) is 12.1 Å². The molecule has 3 rings (SSSR count). The van der Waals surface area contributed by atoms with Gasteiger partial charge in [-0.15, -0.1) is 0 Å². The maximum absolute atomic E-state index is 12.5. The Kier molecular flexibility index (Phi) is 3.68. The lowest BCUT2D eigenvalue weighted by Gasteiger charge is -2.08. The largest absolute Gasteiger partial charge is 0.416 e. The molecule has 2 aromatic carbocycles. The second-order valence-electron chi connectivity index (χ2n) is 5.15. The van der Waals surface area contributed by atoms with E-state index in [2.05, 4.69) is 4.98 Å². The number of benzene rings is 2. The second-order valence-corrected chi connectivity index (χ2v) is 7.11. The molecule has 0 saturated carbocycles. The van der Waals surface area contributed by atoms with E-state index < -0.39 is 21.6 Å². The number of rotatable bonds is 3. The summed E-state index contributed by atoms with van der Waals surface area (Å²) in [7, 11) is -3.66. The summed E-state index contributed by atoms with van der Waals surface area (Å²) in [6.07, 6.45) is -3.03. The zero-order valence-electron chi connectivity index (χ0n) is 11.8. The van der Waals surface area contributed by atoms with Gasteiger partial charge in [-0.1, -0.05) is 30.3 Å². The molecule has 120 valence electrons. The Morgan fingerprint density at radius 2 is 1.61 bits per heavy atom. The SMILES string of the molecule is O=S(=O)(Cc1ccc(C(F)(F)F)cc1)c1c[nH]c2ccccc12. The Hall–Kier alpha value is -2.28. The molecule has 0 aliphatic heterocycles. The molecule has 7 heteroatoms. The van der Waals surface area contributed by atoms with Crippen LogP contribution in [-0.2, 0) is 21.8 Å². The number of hydrogen-bond donors (Lipinski definition) is 1. The van der Waals surface area contributed by atoms with Crippen molar-refractivity contribution in [2.24, 2.45) is 0 Å². The molecular weight excluding hydrogens is 327 g/mol. The normalized spacial score (nSPS) is 12.7. The lowest BCUT2D eigenvalue weighted by atomic mass is 10.1. The number of sulfone groups is 1. The van der Waals surface area contributed by atoms with E-state index in [1.54, 1.807) is 24.3 Å². The molecule has 0 amide bonds. The van der Waals surface area contributed by atoms with Gasteiger partial charge in [-0.3, -0.25) is 0 Å². The second kappa shape index (κ2) is 5.42. The van der Waals surface area contributed by atoms with Crippen LogP contribution in [0.15, 0.2) is 59.6 Å². The third-order valence-electron chi connectivity index (χ3n) is 3.52. The lowest BCUT2D eigenvalue weighted by molar-refractivity contribution is -0.137. The molecular formula is C16H12F3NO2S. The predicted molar refractivity (Wildman–Crippen MR) is 80.6 cm³/mol. The third-order valence-corrected chi connectivity index (χ3v) is 5.25. The molecule has 0 fully saturated rings. The van der Waals surface area contributed by atoms with E-state index in [-0.39, 0.29) is 10.6 Å². The molecule has 0 aliphatic carbocycles. The number of halogens is 3. The van der Waals surface area contributed by atoms with Crippen LogP contribution in [0.25, 0.3) is 10.9 Å². The van der Waals surface area contributed by atoms with E-state index in [4.69, 9.17) is 0 Å². The highest BCUT2D eigenvalue weighted by atomic mass is 32.2. The highest BCUT2D eigenvalue weighted by Crippen LogP contribution is 2.30. The number of H-pyrrole nitrogens is 1. The summed E-state index contributed by atoms with van der Waals surface area (Å²) in [5, 5.41) is 0.569. The fourth-order valence-electron chi connectivity index (χ4n) is 2.39. The zero-order valence-corrected chi connectivity index (χ0v) is 12.6. The molecule has 0 bridgehead atoms. The van der Waals surface area contributed by atoms with Gasteiger partial charge in [0.15, 0.2) is 9.84 Å². The molecule has 0 saturated heterocycles. The fraction of sp³-hybridized carbons (Fsp3) is 0.125. The Morgan fingerprint density at radius 1 is 0.957 bits per heavy atom. The molecule has 0 aliphatic rings. The standard InChI is InChI=1S/C16H12F3NO2S/c17-16(18,19)12-7-5-11(6-8-12)10-23(21,22)15-9-20-14-4-2-1-3-13(14)15/h1-9,20H,10H2. The number of nitrogens with one attached hydrogen (secondary N) is 1. The molecule has 0 radical (unpaired) electrons. The van der Waals surface area contributed by atoms with Crippen molar-refractivity contribution in [3.63, 3.8) is 0 Å². The monoisotopic (exact) mass is 339 g/mol. The van der Waals surface area contributed by atoms with E-state index >= 15 is 0 Å². The van der Waals surface area contributed by atoms with Crippen molar-refractivity contribution < 1.29 is 21.6 Å². The summed E-state index contributed by atoms with van der Waals surface area (Å²) in [6, 6.07) is 11.1. The molecule has 1 N–H and O–H groups in total. The van der Waals surface area contributed by atoms with E-state index in [9.17, 15) is 21.6 Å². The van der Waals surface area contributed by atoms with Crippen molar-refractivity contribution in [1.29, 1.82) is 0 Å². The van der Waals surface area contributed by atoms with Crippen LogP contribution in [0.2, 0.25) is 0 Å². The van der Waals surface area contributed by atoms with Crippen LogP contribution in [0, 0.1) is 0 Å². The molecule has 3 nitrogen and oxygen atoms in total. The first-order valence-electron chi connectivity index (χ1n) is 6.72. The minimum Gasteiger partial charge on any atom is -0.360 e. The lowest BCUT2D eigenvalue weighted by Crippen LogP contribution is -2.07. The highest BCUT2D eigenvalue weighted by Gasteiger charge is 2.30. The minimum atomic E-state index is -4.44. The number of hydrogen-bond acceptors (Lipinski definition) is 2. The van der Waals surface area contributed by atoms with Gasteiger partial charge in [0.2, 0.25) is 0 Å². The van der Waals surface area contributed by atoms with Crippen molar-refractivity contribution in [2.45, 2.75) is 16.8 Å². The van der Waals surface area contributed by atoms with Gasteiger partial charge in [-0.25, -0.2) is 8.42 Å². The maximum Gasteiger partial charge on any atom is 0.416 e. The van der Waals surface area contributed by atoms with Crippen LogP contribution in [0.3, 0.4) is 0 Å². The number of fused-ring (bicyclic) bond motifs is 1. The van der Waals surface area contributed by atoms with Crippen LogP contribution in [0.5, 0.6) is 0 Å². The quantitative estimate of drug-likeness (QED) is 0.779. The average Bonchev–Trinajstić information content (AvgIpc) is 2.91. The number of para-hydroxylation sites is 1. The van der Waals surface area contributed by atoms with Crippen LogP contribution >= 0.6 is 0 Å². The first-order valence-corrected chi connectivity index (χ1v) is 8.37. The van der Waals surface area contributed by atoms with Crippen LogP contribution in [-0.4, -0.2) is 13.4 Å². The summed E-state index contributed by atoms with van der Waals surface area (Å²) in [6.45, 7) is 0. The van der Waals surface area contributed by atoms with Crippen LogP contribution < -0.4 is 0 Å². The topological polar surface area (TPSA) is 49.9 Å². The van der Waals surface area contributed by atoms with Crippen molar-refractivity contribution in [1.82, 2.24) is 4.98 Å². The zero-order chi connectivity index (χ0) is 16.7. The fourth-order valence-corrected chi connectivity index (χ4v) is 3.93. The number of alkyl halides is 3. The Labute approximate surface area is 130 Å². The van der Waals surface area contributed by atoms with Crippen molar-refractivity contribution in [2.75, 3.05) is 0 Å². The van der Waals surface area contributed by atoms with Gasteiger partial charge < -0.3 is 4.98 Å². The smallest absolute Gasteiger partial charge is 0.360 e. The van der Waals surface area contributed by atoms with Crippen LogP contribution in [0.1, 0.15) is 11.1 Å². The Morgan fingerprint density at radius 3 is 2.26 bits per heavy atom. The van der Waals surface area contributed by atoms with E-state index in [0.29, 0.717) is 16.5 Å². The maximum atomic E-state index is 12.5. The van der Waals surface area contributed by atoms with Crippen LogP contribution in [0.4, 0.5) is 13.2 Å². The molecule has 0 atom stereocenters. The number of aromatic nitrogens is 1. The molecule has 0 unspecified atom stereocenters. The molecule has 0 spiro atoms. The predicted octanol–water partition coefficient (Wildman–Crippen LogP) is 4.16. The van der Waals surface area contributed by atoms with Gasteiger partial charge in [0.1, 0.15) is 0 Å². The summed E-state index contributed by atoms with van der Waals surface area (Å²) in [4.78, 5) is 3.03. The van der Waals surface area contributed by atoms with Gasteiger partial charge >= 0.3 is 6.18 Å². The van der Waals surface area contributed by atoms with Gasteiger partial charge in [-0.05, 0) is 23.8 Å². The van der Waals surface area contributed by atoms with Gasteiger partial charge in [-0.2, -0.15) is 13.2 Å². The third kappa shape index (κ3) is 3.10. The van der Waals surface area contributed by atoms with E-state index in [1.165, 1.54) is 18.3 Å². The first kappa shape index (κ1) is 15.6. The summed E-state index contributed by atoms with van der Waals surface area (Å²) < 4.78 is 62.6. The van der Waals surface area contributed by atoms with Crippen molar-refractivity contribution >= 4 is 20.7 Å². The van der Waals surface area contributed by atoms with Crippen molar-refractivity contribution in [3.05, 3.63) is 65.9 Å². The van der Waals surface area contributed by atoms with Crippen molar-refractivity contribution in [3.8, 4) is 0 Å². The van der Waals surface area contributed by atoms with Gasteiger partial charge in [0.25, 0.3) is 0 Å². The molecule has 23 heavy (non-hydrogen) atoms. The Balaban J connectivity index is 1.92. The summed E-state index contributed by atoms with van der Waals surface area (Å²) >= 11 is 0.